The van der Waals surface area contributed by atoms with Crippen molar-refractivity contribution in [2.45, 2.75) is 18.7 Å². The topological polar surface area (TPSA) is 75.3 Å². The van der Waals surface area contributed by atoms with Crippen LogP contribution in [0.1, 0.15) is 21.5 Å². The zero-order valence-corrected chi connectivity index (χ0v) is 16.9. The molecular formula is C21H19ClN2O3S. The number of carbonyl (C=O) groups excluding carboxylic acids is 1. The molecule has 0 saturated heterocycles. The summed E-state index contributed by atoms with van der Waals surface area (Å²) in [6.45, 7) is 3.53. The lowest BCUT2D eigenvalue weighted by molar-refractivity contribution is 0.102. The standard InChI is InChI=1S/C21H19ClN2O3S/c1-14-9-11-17(22)13-19(14)23-21(25)16-10-8-15(2)20(12-16)28(26,27)24-18-6-4-3-5-7-18/h3-13,24H,1-2H3,(H,23,25). The first-order valence-corrected chi connectivity index (χ1v) is 10.4. The second-order valence-corrected chi connectivity index (χ2v) is 8.45. The maximum absolute atomic E-state index is 12.8. The second kappa shape index (κ2) is 8.04. The maximum atomic E-state index is 12.8. The Morgan fingerprint density at radius 1 is 0.893 bits per heavy atom. The Bertz CT molecular complexity index is 1130. The third kappa shape index (κ3) is 4.52. The fourth-order valence-electron chi connectivity index (χ4n) is 2.67. The number of aryl methyl sites for hydroxylation is 2. The minimum atomic E-state index is -3.84. The van der Waals surface area contributed by atoms with Crippen molar-refractivity contribution >= 4 is 38.9 Å². The number of sulfonamides is 1. The molecule has 0 spiro atoms. The third-order valence-electron chi connectivity index (χ3n) is 4.21. The van der Waals surface area contributed by atoms with E-state index in [1.807, 2.05) is 6.92 Å². The van der Waals surface area contributed by atoms with Crippen molar-refractivity contribution in [1.29, 1.82) is 0 Å². The SMILES string of the molecule is Cc1ccc(Cl)cc1NC(=O)c1ccc(C)c(S(=O)(=O)Nc2ccccc2)c1. The average Bonchev–Trinajstić information content (AvgIpc) is 2.65. The van der Waals surface area contributed by atoms with Gasteiger partial charge in [0.1, 0.15) is 0 Å². The summed E-state index contributed by atoms with van der Waals surface area (Å²) in [5.41, 5.74) is 2.65. The van der Waals surface area contributed by atoms with Crippen molar-refractivity contribution in [2.24, 2.45) is 0 Å². The summed E-state index contributed by atoms with van der Waals surface area (Å²) < 4.78 is 28.1. The highest BCUT2D eigenvalue weighted by molar-refractivity contribution is 7.92. The Balaban J connectivity index is 1.90. The summed E-state index contributed by atoms with van der Waals surface area (Å²) in [7, 11) is -3.84. The Morgan fingerprint density at radius 2 is 1.57 bits per heavy atom. The van der Waals surface area contributed by atoms with Crippen LogP contribution in [-0.4, -0.2) is 14.3 Å². The number of halogens is 1. The van der Waals surface area contributed by atoms with Crippen molar-refractivity contribution in [1.82, 2.24) is 0 Å². The molecule has 28 heavy (non-hydrogen) atoms. The van der Waals surface area contributed by atoms with Crippen LogP contribution >= 0.6 is 11.6 Å². The Hall–Kier alpha value is -2.83. The molecule has 0 fully saturated rings. The zero-order valence-electron chi connectivity index (χ0n) is 15.4. The van der Waals surface area contributed by atoms with Gasteiger partial charge in [-0.15, -0.1) is 0 Å². The molecule has 3 aromatic carbocycles. The first kappa shape index (κ1) is 19.9. The number of rotatable bonds is 5. The largest absolute Gasteiger partial charge is 0.322 e. The zero-order chi connectivity index (χ0) is 20.3. The molecule has 0 saturated carbocycles. The fourth-order valence-corrected chi connectivity index (χ4v) is 4.17. The number of hydrogen-bond donors (Lipinski definition) is 2. The van der Waals surface area contributed by atoms with Crippen LogP contribution in [0.2, 0.25) is 5.02 Å². The monoisotopic (exact) mass is 414 g/mol. The summed E-state index contributed by atoms with van der Waals surface area (Å²) in [4.78, 5) is 12.7. The van der Waals surface area contributed by atoms with Crippen LogP contribution in [-0.2, 0) is 10.0 Å². The molecule has 7 heteroatoms. The van der Waals surface area contributed by atoms with Gasteiger partial charge in [-0.25, -0.2) is 8.42 Å². The molecule has 0 radical (unpaired) electrons. The molecule has 3 rings (SSSR count). The predicted octanol–water partition coefficient (Wildman–Crippen LogP) is 5.01. The summed E-state index contributed by atoms with van der Waals surface area (Å²) in [5, 5.41) is 3.28. The smallest absolute Gasteiger partial charge is 0.262 e. The third-order valence-corrected chi connectivity index (χ3v) is 5.97. The number of nitrogens with one attached hydrogen (secondary N) is 2. The van der Waals surface area contributed by atoms with Gasteiger partial charge < -0.3 is 5.32 Å². The first-order valence-electron chi connectivity index (χ1n) is 8.52. The molecule has 2 N–H and O–H groups in total. The molecule has 5 nitrogen and oxygen atoms in total. The van der Waals surface area contributed by atoms with Crippen LogP contribution in [0.25, 0.3) is 0 Å². The van der Waals surface area contributed by atoms with Crippen LogP contribution in [0, 0.1) is 13.8 Å². The van der Waals surface area contributed by atoms with E-state index in [0.717, 1.165) is 5.56 Å². The van der Waals surface area contributed by atoms with E-state index in [1.165, 1.54) is 6.07 Å². The van der Waals surface area contributed by atoms with Gasteiger partial charge in [-0.1, -0.05) is 41.9 Å². The summed E-state index contributed by atoms with van der Waals surface area (Å²) in [6.07, 6.45) is 0. The minimum absolute atomic E-state index is 0.0480. The van der Waals surface area contributed by atoms with Crippen LogP contribution < -0.4 is 10.0 Å². The van der Waals surface area contributed by atoms with Gasteiger partial charge in [0.25, 0.3) is 15.9 Å². The lowest BCUT2D eigenvalue weighted by Gasteiger charge is -2.13. The quantitative estimate of drug-likeness (QED) is 0.616. The number of amides is 1. The van der Waals surface area contributed by atoms with Crippen LogP contribution in [0.3, 0.4) is 0 Å². The molecule has 0 aliphatic carbocycles. The van der Waals surface area contributed by atoms with Crippen LogP contribution in [0.4, 0.5) is 11.4 Å². The van der Waals surface area contributed by atoms with E-state index < -0.39 is 15.9 Å². The molecule has 0 aliphatic heterocycles. The Labute approximate surface area is 169 Å². The Kier molecular flexibility index (Phi) is 5.72. The Morgan fingerprint density at radius 3 is 2.29 bits per heavy atom. The minimum Gasteiger partial charge on any atom is -0.322 e. The van der Waals surface area contributed by atoms with Gasteiger partial charge in [-0.3, -0.25) is 9.52 Å². The van der Waals surface area contributed by atoms with Gasteiger partial charge in [-0.2, -0.15) is 0 Å². The van der Waals surface area contributed by atoms with Crippen molar-refractivity contribution in [3.8, 4) is 0 Å². The molecule has 1 amide bonds. The molecule has 144 valence electrons. The summed E-state index contributed by atoms with van der Waals surface area (Å²) >= 11 is 5.99. The van der Waals surface area contributed by atoms with E-state index in [2.05, 4.69) is 10.0 Å². The molecule has 3 aromatic rings. The highest BCUT2D eigenvalue weighted by atomic mass is 35.5. The fraction of sp³-hybridized carbons (Fsp3) is 0.0952. The van der Waals surface area contributed by atoms with Crippen LogP contribution in [0.15, 0.2) is 71.6 Å². The summed E-state index contributed by atoms with van der Waals surface area (Å²) in [5.74, 6) is -0.415. The normalized spacial score (nSPS) is 11.1. The van der Waals surface area contributed by atoms with Crippen molar-refractivity contribution in [3.05, 3.63) is 88.4 Å². The maximum Gasteiger partial charge on any atom is 0.262 e. The molecule has 0 heterocycles. The molecule has 0 aliphatic rings. The second-order valence-electron chi connectivity index (χ2n) is 6.37. The van der Waals surface area contributed by atoms with Gasteiger partial charge in [0.2, 0.25) is 0 Å². The number of carbonyl (C=O) groups is 1. The van der Waals surface area contributed by atoms with Gasteiger partial charge >= 0.3 is 0 Å². The highest BCUT2D eigenvalue weighted by Gasteiger charge is 2.19. The highest BCUT2D eigenvalue weighted by Crippen LogP contribution is 2.23. The van der Waals surface area contributed by atoms with Gasteiger partial charge in [0, 0.05) is 22.0 Å². The van der Waals surface area contributed by atoms with Crippen molar-refractivity contribution in [3.63, 3.8) is 0 Å². The number of anilines is 2. The van der Waals surface area contributed by atoms with Gasteiger partial charge in [0.15, 0.2) is 0 Å². The van der Waals surface area contributed by atoms with Crippen molar-refractivity contribution < 1.29 is 13.2 Å². The lowest BCUT2D eigenvalue weighted by Crippen LogP contribution is -2.17. The van der Waals surface area contributed by atoms with E-state index in [-0.39, 0.29) is 10.5 Å². The van der Waals surface area contributed by atoms with E-state index in [9.17, 15) is 13.2 Å². The van der Waals surface area contributed by atoms with E-state index in [0.29, 0.717) is 22.0 Å². The van der Waals surface area contributed by atoms with E-state index >= 15 is 0 Å². The molecular weight excluding hydrogens is 396 g/mol. The molecule has 0 aromatic heterocycles. The number of benzene rings is 3. The molecule has 0 atom stereocenters. The molecule has 0 bridgehead atoms. The van der Waals surface area contributed by atoms with Crippen molar-refractivity contribution in [2.75, 3.05) is 10.0 Å². The van der Waals surface area contributed by atoms with Crippen LogP contribution in [0.5, 0.6) is 0 Å². The number of para-hydroxylation sites is 1. The first-order chi connectivity index (χ1) is 13.3. The van der Waals surface area contributed by atoms with Gasteiger partial charge in [-0.05, 0) is 61.4 Å². The van der Waals surface area contributed by atoms with Gasteiger partial charge in [0.05, 0.1) is 4.90 Å². The van der Waals surface area contributed by atoms with E-state index in [4.69, 9.17) is 11.6 Å². The lowest BCUT2D eigenvalue weighted by atomic mass is 10.1. The predicted molar refractivity (Wildman–Crippen MR) is 113 cm³/mol. The molecule has 0 unspecified atom stereocenters. The van der Waals surface area contributed by atoms with E-state index in [1.54, 1.807) is 67.6 Å². The number of hydrogen-bond acceptors (Lipinski definition) is 3. The average molecular weight is 415 g/mol. The summed E-state index contributed by atoms with van der Waals surface area (Å²) in [6, 6.07) is 18.3.